The van der Waals surface area contributed by atoms with E-state index in [1.54, 1.807) is 12.1 Å². The number of nitrogens with one attached hydrogen (secondary N) is 1. The Labute approximate surface area is 184 Å². The molecule has 0 atom stereocenters. The molecule has 1 fully saturated rings. The molecular formula is C24H23FN4OS. The molecule has 1 saturated carbocycles. The van der Waals surface area contributed by atoms with Crippen LogP contribution in [-0.4, -0.2) is 31.3 Å². The van der Waals surface area contributed by atoms with Crippen molar-refractivity contribution in [3.63, 3.8) is 0 Å². The number of H-pyrrole nitrogens is 1. The average molecular weight is 435 g/mol. The number of carbonyl (C=O) groups is 1. The molecular weight excluding hydrogens is 411 g/mol. The van der Waals surface area contributed by atoms with E-state index in [1.807, 2.05) is 41.8 Å². The van der Waals surface area contributed by atoms with Gasteiger partial charge in [-0.1, -0.05) is 54.9 Å². The minimum atomic E-state index is -0.309. The molecule has 4 aromatic rings. The topological polar surface area (TPSA) is 63.6 Å². The van der Waals surface area contributed by atoms with E-state index in [-0.39, 0.29) is 23.4 Å². The first kappa shape index (κ1) is 20.0. The third-order valence-corrected chi connectivity index (χ3v) is 6.92. The fraction of sp³-hybridized carbons (Fsp3) is 0.292. The van der Waals surface area contributed by atoms with Gasteiger partial charge in [0.15, 0.2) is 16.8 Å². The first-order valence-corrected chi connectivity index (χ1v) is 11.5. The van der Waals surface area contributed by atoms with Crippen LogP contribution in [-0.2, 0) is 0 Å². The Morgan fingerprint density at radius 2 is 1.87 bits per heavy atom. The van der Waals surface area contributed by atoms with Gasteiger partial charge < -0.3 is 4.98 Å². The van der Waals surface area contributed by atoms with E-state index in [0.717, 1.165) is 47.8 Å². The molecule has 0 spiro atoms. The van der Waals surface area contributed by atoms with E-state index < -0.39 is 0 Å². The maximum Gasteiger partial charge on any atom is 0.192 e. The van der Waals surface area contributed by atoms with Crippen molar-refractivity contribution >= 4 is 28.4 Å². The first-order chi connectivity index (χ1) is 15.1. The number of para-hydroxylation sites is 1. The summed E-state index contributed by atoms with van der Waals surface area (Å²) in [7, 11) is 0. The Balaban J connectivity index is 1.46. The lowest BCUT2D eigenvalue weighted by molar-refractivity contribution is 0.102. The normalized spacial score (nSPS) is 14.5. The van der Waals surface area contributed by atoms with Gasteiger partial charge in [-0.05, 0) is 38.0 Å². The lowest BCUT2D eigenvalue weighted by atomic mass is 10.1. The lowest BCUT2D eigenvalue weighted by Crippen LogP contribution is -2.10. The lowest BCUT2D eigenvalue weighted by Gasteiger charge is -2.17. The second-order valence-electron chi connectivity index (χ2n) is 7.98. The highest BCUT2D eigenvalue weighted by Gasteiger charge is 2.27. The zero-order valence-corrected chi connectivity index (χ0v) is 18.1. The Morgan fingerprint density at radius 1 is 1.13 bits per heavy atom. The fourth-order valence-corrected chi connectivity index (χ4v) is 5.41. The number of carbonyl (C=O) groups excluding carboxylic acids is 1. The number of aromatic amines is 1. The van der Waals surface area contributed by atoms with Gasteiger partial charge in [-0.25, -0.2) is 4.39 Å². The summed E-state index contributed by atoms with van der Waals surface area (Å²) in [6.45, 7) is 1.93. The average Bonchev–Trinajstić information content (AvgIpc) is 3.50. The number of benzene rings is 2. The molecule has 2 aromatic heterocycles. The Morgan fingerprint density at radius 3 is 2.68 bits per heavy atom. The number of nitrogens with zero attached hydrogens (tertiary/aromatic N) is 3. The van der Waals surface area contributed by atoms with Gasteiger partial charge in [0.25, 0.3) is 0 Å². The summed E-state index contributed by atoms with van der Waals surface area (Å²) in [5.41, 5.74) is 3.01. The number of rotatable bonds is 6. The van der Waals surface area contributed by atoms with Gasteiger partial charge in [0, 0.05) is 28.2 Å². The molecule has 1 N–H and O–H groups in total. The van der Waals surface area contributed by atoms with Crippen LogP contribution in [0.3, 0.4) is 0 Å². The number of fused-ring (bicyclic) bond motifs is 1. The molecule has 0 radical (unpaired) electrons. The van der Waals surface area contributed by atoms with Crippen LogP contribution in [0, 0.1) is 12.7 Å². The monoisotopic (exact) mass is 434 g/mol. The van der Waals surface area contributed by atoms with Gasteiger partial charge in [0.05, 0.1) is 11.3 Å². The van der Waals surface area contributed by atoms with E-state index in [1.165, 1.54) is 17.8 Å². The van der Waals surface area contributed by atoms with Crippen molar-refractivity contribution in [3.8, 4) is 11.4 Å². The smallest absolute Gasteiger partial charge is 0.192 e. The van der Waals surface area contributed by atoms with Gasteiger partial charge in [-0.3, -0.25) is 9.36 Å². The van der Waals surface area contributed by atoms with E-state index >= 15 is 0 Å². The maximum atomic E-state index is 14.5. The van der Waals surface area contributed by atoms with Crippen molar-refractivity contribution in [1.29, 1.82) is 0 Å². The molecule has 0 unspecified atom stereocenters. The van der Waals surface area contributed by atoms with E-state index in [4.69, 9.17) is 0 Å². The Kier molecular flexibility index (Phi) is 5.36. The highest BCUT2D eigenvalue weighted by molar-refractivity contribution is 7.99. The molecule has 0 aliphatic heterocycles. The summed E-state index contributed by atoms with van der Waals surface area (Å²) >= 11 is 1.38. The maximum absolute atomic E-state index is 14.5. The molecule has 31 heavy (non-hydrogen) atoms. The predicted molar refractivity (Wildman–Crippen MR) is 121 cm³/mol. The Bertz CT molecular complexity index is 1260. The number of ketones is 1. The second kappa shape index (κ2) is 8.30. The van der Waals surface area contributed by atoms with Crippen molar-refractivity contribution in [2.45, 2.75) is 43.8 Å². The number of thioether (sulfide) groups is 1. The van der Waals surface area contributed by atoms with Crippen molar-refractivity contribution in [1.82, 2.24) is 19.7 Å². The summed E-state index contributed by atoms with van der Waals surface area (Å²) in [4.78, 5) is 16.4. The van der Waals surface area contributed by atoms with Crippen molar-refractivity contribution in [2.24, 2.45) is 0 Å². The Hall–Kier alpha value is -2.93. The number of halogens is 1. The minimum Gasteiger partial charge on any atom is -0.358 e. The minimum absolute atomic E-state index is 0.0494. The summed E-state index contributed by atoms with van der Waals surface area (Å²) in [6, 6.07) is 14.7. The van der Waals surface area contributed by atoms with Crippen molar-refractivity contribution in [3.05, 3.63) is 65.6 Å². The molecule has 5 rings (SSSR count). The standard InChI is InChI=1S/C24H23FN4OS/c1-15-22(18-11-5-7-13-20(18)26-15)21(30)14-31-24-28-27-23(17-10-4-6-12-19(17)25)29(24)16-8-2-3-9-16/h4-7,10-13,16,26H,2-3,8-9,14H2,1H3. The number of hydrogen-bond acceptors (Lipinski definition) is 4. The molecule has 1 aliphatic rings. The van der Waals surface area contributed by atoms with Crippen molar-refractivity contribution < 1.29 is 9.18 Å². The summed E-state index contributed by atoms with van der Waals surface area (Å²) in [5, 5.41) is 10.3. The molecule has 0 amide bonds. The van der Waals surface area contributed by atoms with Crippen LogP contribution >= 0.6 is 11.8 Å². The van der Waals surface area contributed by atoms with Gasteiger partial charge in [-0.15, -0.1) is 10.2 Å². The van der Waals surface area contributed by atoms with Crippen LogP contribution in [0.15, 0.2) is 53.7 Å². The molecule has 0 saturated heterocycles. The second-order valence-corrected chi connectivity index (χ2v) is 8.92. The van der Waals surface area contributed by atoms with E-state index in [0.29, 0.717) is 16.5 Å². The summed E-state index contributed by atoms with van der Waals surface area (Å²) < 4.78 is 16.5. The van der Waals surface area contributed by atoms with Crippen LogP contribution in [0.5, 0.6) is 0 Å². The zero-order valence-electron chi connectivity index (χ0n) is 17.3. The van der Waals surface area contributed by atoms with E-state index in [9.17, 15) is 9.18 Å². The van der Waals surface area contributed by atoms with Gasteiger partial charge in [0.1, 0.15) is 5.82 Å². The van der Waals surface area contributed by atoms with Gasteiger partial charge >= 0.3 is 0 Å². The molecule has 5 nitrogen and oxygen atoms in total. The number of Topliss-reactive ketones (excluding diaryl/α,β-unsaturated/α-hetero) is 1. The summed E-state index contributed by atoms with van der Waals surface area (Å²) in [6.07, 6.45) is 4.30. The van der Waals surface area contributed by atoms with Crippen LogP contribution in [0.4, 0.5) is 4.39 Å². The van der Waals surface area contributed by atoms with Crippen LogP contribution in [0.25, 0.3) is 22.3 Å². The van der Waals surface area contributed by atoms with E-state index in [2.05, 4.69) is 15.2 Å². The third kappa shape index (κ3) is 3.67. The van der Waals surface area contributed by atoms with Crippen LogP contribution in [0.1, 0.15) is 47.8 Å². The molecule has 0 bridgehead atoms. The van der Waals surface area contributed by atoms with Crippen molar-refractivity contribution in [2.75, 3.05) is 5.75 Å². The predicted octanol–water partition coefficient (Wildman–Crippen LogP) is 5.96. The number of hydrogen-bond donors (Lipinski definition) is 1. The fourth-order valence-electron chi connectivity index (χ4n) is 4.53. The molecule has 158 valence electrons. The van der Waals surface area contributed by atoms with Gasteiger partial charge in [-0.2, -0.15) is 0 Å². The molecule has 1 aliphatic carbocycles. The SMILES string of the molecule is Cc1[nH]c2ccccc2c1C(=O)CSc1nnc(-c2ccccc2F)n1C1CCCC1. The summed E-state index contributed by atoms with van der Waals surface area (Å²) in [5.74, 6) is 0.540. The third-order valence-electron chi connectivity index (χ3n) is 5.97. The quantitative estimate of drug-likeness (QED) is 0.300. The number of aromatic nitrogens is 4. The largest absolute Gasteiger partial charge is 0.358 e. The van der Waals surface area contributed by atoms with Gasteiger partial charge in [0.2, 0.25) is 0 Å². The highest BCUT2D eigenvalue weighted by Crippen LogP contribution is 2.37. The zero-order chi connectivity index (χ0) is 21.4. The highest BCUT2D eigenvalue weighted by atomic mass is 32.2. The first-order valence-electron chi connectivity index (χ1n) is 10.6. The molecule has 7 heteroatoms. The van der Waals surface area contributed by atoms with Crippen LogP contribution in [0.2, 0.25) is 0 Å². The molecule has 2 aromatic carbocycles. The number of aryl methyl sites for hydroxylation is 1. The van der Waals surface area contributed by atoms with Crippen LogP contribution < -0.4 is 0 Å². The molecule has 2 heterocycles.